The molecule has 1 aliphatic rings. The minimum atomic E-state index is -0.741. The fraction of sp³-hybridized carbons (Fsp3) is 0.261. The number of amides is 1. The Kier molecular flexibility index (Phi) is 5.83. The lowest BCUT2D eigenvalue weighted by molar-refractivity contribution is 0.0334. The van der Waals surface area contributed by atoms with Crippen LogP contribution >= 0.6 is 27.3 Å². The number of benzene rings is 2. The number of ether oxygens (including phenoxy) is 1. The highest BCUT2D eigenvalue weighted by atomic mass is 79.9. The maximum atomic E-state index is 12.8. The van der Waals surface area contributed by atoms with Crippen LogP contribution in [0.15, 0.2) is 66.0 Å². The van der Waals surface area contributed by atoms with Crippen LogP contribution in [0.2, 0.25) is 0 Å². The molecule has 1 amide bonds. The smallest absolute Gasteiger partial charge is 0.408 e. The predicted octanol–water partition coefficient (Wildman–Crippen LogP) is 6.46. The lowest BCUT2D eigenvalue weighted by atomic mass is 9.86. The summed E-state index contributed by atoms with van der Waals surface area (Å²) in [7, 11) is 0. The van der Waals surface area contributed by atoms with E-state index in [4.69, 9.17) is 4.74 Å². The van der Waals surface area contributed by atoms with E-state index in [1.165, 1.54) is 0 Å². The van der Waals surface area contributed by atoms with E-state index in [1.54, 1.807) is 11.3 Å². The molecule has 28 heavy (non-hydrogen) atoms. The second-order valence-corrected chi connectivity index (χ2v) is 8.71. The third-order valence-corrected chi connectivity index (χ3v) is 6.62. The molecule has 144 valence electrons. The van der Waals surface area contributed by atoms with E-state index in [2.05, 4.69) is 45.5 Å². The van der Waals surface area contributed by atoms with Crippen LogP contribution < -0.4 is 5.32 Å². The maximum absolute atomic E-state index is 12.8. The molecule has 3 aromatic rings. The first kappa shape index (κ1) is 19.2. The molecule has 2 aromatic carbocycles. The molecular weight excluding hydrogens is 434 g/mol. The van der Waals surface area contributed by atoms with E-state index in [-0.39, 0.29) is 6.09 Å². The van der Waals surface area contributed by atoms with Gasteiger partial charge < -0.3 is 10.1 Å². The highest BCUT2D eigenvalue weighted by Crippen LogP contribution is 2.52. The molecule has 1 aromatic heterocycles. The number of thiophene rings is 1. The van der Waals surface area contributed by atoms with Gasteiger partial charge in [0.05, 0.1) is 6.54 Å². The Labute approximate surface area is 177 Å². The first-order valence-corrected chi connectivity index (χ1v) is 11.5. The van der Waals surface area contributed by atoms with Crippen molar-refractivity contribution in [2.45, 2.75) is 31.4 Å². The van der Waals surface area contributed by atoms with Crippen molar-refractivity contribution in [1.82, 2.24) is 5.32 Å². The Morgan fingerprint density at radius 3 is 2.25 bits per heavy atom. The number of alkyl carbamates (subject to hydrolysis) is 1. The minimum Gasteiger partial charge on any atom is -0.433 e. The summed E-state index contributed by atoms with van der Waals surface area (Å²) in [5, 5.41) is 5.88. The monoisotopic (exact) mass is 455 g/mol. The second kappa shape index (κ2) is 8.50. The van der Waals surface area contributed by atoms with Crippen molar-refractivity contribution in [2.75, 3.05) is 5.33 Å². The molecular formula is C23H22BrNO2S. The number of unbranched alkanes of at least 4 members (excludes halogenated alkanes) is 1. The minimum absolute atomic E-state index is 0.376. The van der Waals surface area contributed by atoms with Crippen LogP contribution in [0.3, 0.4) is 0 Å². The fourth-order valence-corrected chi connectivity index (χ4v) is 4.99. The summed E-state index contributed by atoms with van der Waals surface area (Å²) in [5.41, 5.74) is 3.73. The van der Waals surface area contributed by atoms with Crippen molar-refractivity contribution in [3.63, 3.8) is 0 Å². The van der Waals surface area contributed by atoms with Crippen LogP contribution in [0, 0.1) is 0 Å². The van der Waals surface area contributed by atoms with E-state index in [9.17, 15) is 4.79 Å². The van der Waals surface area contributed by atoms with Crippen molar-refractivity contribution >= 4 is 33.4 Å². The van der Waals surface area contributed by atoms with Gasteiger partial charge in [-0.3, -0.25) is 0 Å². The summed E-state index contributed by atoms with van der Waals surface area (Å²) < 4.78 is 6.24. The van der Waals surface area contributed by atoms with Gasteiger partial charge in [-0.1, -0.05) is 70.5 Å². The molecule has 0 radical (unpaired) electrons. The second-order valence-electron chi connectivity index (χ2n) is 6.89. The SMILES string of the molecule is O=C(NCc1cccs1)OC1(CCCCBr)c2ccccc2-c2ccccc21. The first-order chi connectivity index (χ1) is 13.7. The Balaban J connectivity index is 1.67. The number of nitrogens with one attached hydrogen (secondary N) is 1. The van der Waals surface area contributed by atoms with Crippen molar-refractivity contribution in [3.8, 4) is 11.1 Å². The molecule has 0 bridgehead atoms. The van der Waals surface area contributed by atoms with Gasteiger partial charge in [-0.15, -0.1) is 11.3 Å². The molecule has 1 heterocycles. The van der Waals surface area contributed by atoms with E-state index >= 15 is 0 Å². The Bertz CT molecular complexity index is 909. The van der Waals surface area contributed by atoms with Gasteiger partial charge in [-0.2, -0.15) is 0 Å². The van der Waals surface area contributed by atoms with E-state index in [1.807, 2.05) is 41.8 Å². The van der Waals surface area contributed by atoms with Gasteiger partial charge in [0.2, 0.25) is 0 Å². The molecule has 3 nitrogen and oxygen atoms in total. The molecule has 0 spiro atoms. The molecule has 4 rings (SSSR count). The van der Waals surface area contributed by atoms with Crippen molar-refractivity contribution < 1.29 is 9.53 Å². The van der Waals surface area contributed by atoms with E-state index in [0.717, 1.165) is 51.7 Å². The molecule has 0 saturated carbocycles. The largest absolute Gasteiger partial charge is 0.433 e. The number of rotatable bonds is 7. The number of carbonyl (C=O) groups excluding carboxylic acids is 1. The average molecular weight is 456 g/mol. The Morgan fingerprint density at radius 1 is 0.964 bits per heavy atom. The molecule has 0 saturated heterocycles. The number of fused-ring (bicyclic) bond motifs is 3. The lowest BCUT2D eigenvalue weighted by Crippen LogP contribution is -2.36. The van der Waals surface area contributed by atoms with Gasteiger partial charge in [-0.05, 0) is 41.8 Å². The number of hydrogen-bond acceptors (Lipinski definition) is 3. The Morgan fingerprint density at radius 2 is 1.64 bits per heavy atom. The zero-order valence-electron chi connectivity index (χ0n) is 15.5. The summed E-state index contributed by atoms with van der Waals surface area (Å²) in [6.07, 6.45) is 2.39. The first-order valence-electron chi connectivity index (χ1n) is 9.49. The lowest BCUT2D eigenvalue weighted by Gasteiger charge is -2.32. The molecule has 0 aliphatic heterocycles. The topological polar surface area (TPSA) is 38.3 Å². The quantitative estimate of drug-likeness (QED) is 0.327. The molecule has 0 atom stereocenters. The Hall–Kier alpha value is -2.11. The van der Waals surface area contributed by atoms with Crippen LogP contribution in [-0.2, 0) is 16.9 Å². The number of halogens is 1. The van der Waals surface area contributed by atoms with Gasteiger partial charge in [-0.25, -0.2) is 4.79 Å². The fourth-order valence-electron chi connectivity index (χ4n) is 3.95. The van der Waals surface area contributed by atoms with Crippen molar-refractivity contribution in [1.29, 1.82) is 0 Å². The molecule has 0 unspecified atom stereocenters. The average Bonchev–Trinajstić information content (AvgIpc) is 3.33. The molecule has 1 aliphatic carbocycles. The van der Waals surface area contributed by atoms with Gasteiger partial charge in [0.1, 0.15) is 0 Å². The van der Waals surface area contributed by atoms with Crippen molar-refractivity contribution in [3.05, 3.63) is 82.0 Å². The number of alkyl halides is 1. The van der Waals surface area contributed by atoms with Gasteiger partial charge in [0, 0.05) is 21.3 Å². The number of hydrogen-bond donors (Lipinski definition) is 1. The molecule has 5 heteroatoms. The number of carbonyl (C=O) groups is 1. The molecule has 1 N–H and O–H groups in total. The van der Waals surface area contributed by atoms with E-state index < -0.39 is 5.60 Å². The van der Waals surface area contributed by atoms with Gasteiger partial charge in [0.15, 0.2) is 5.60 Å². The van der Waals surface area contributed by atoms with Crippen LogP contribution in [0.5, 0.6) is 0 Å². The van der Waals surface area contributed by atoms with Gasteiger partial charge >= 0.3 is 6.09 Å². The third-order valence-electron chi connectivity index (χ3n) is 5.18. The van der Waals surface area contributed by atoms with E-state index in [0.29, 0.717) is 6.54 Å². The van der Waals surface area contributed by atoms with Crippen LogP contribution in [0.25, 0.3) is 11.1 Å². The predicted molar refractivity (Wildman–Crippen MR) is 118 cm³/mol. The normalized spacial score (nSPS) is 13.6. The van der Waals surface area contributed by atoms with Crippen LogP contribution in [0.4, 0.5) is 4.79 Å². The summed E-state index contributed by atoms with van der Waals surface area (Å²) in [6, 6.07) is 20.6. The van der Waals surface area contributed by atoms with Gasteiger partial charge in [0.25, 0.3) is 0 Å². The zero-order chi connectivity index (χ0) is 19.4. The summed E-state index contributed by atoms with van der Waals surface area (Å²) in [5.74, 6) is 0. The highest BCUT2D eigenvalue weighted by molar-refractivity contribution is 9.09. The van der Waals surface area contributed by atoms with Crippen molar-refractivity contribution in [2.24, 2.45) is 0 Å². The summed E-state index contributed by atoms with van der Waals surface area (Å²) >= 11 is 5.14. The van der Waals surface area contributed by atoms with Crippen LogP contribution in [0.1, 0.15) is 35.3 Å². The summed E-state index contributed by atoms with van der Waals surface area (Å²) in [4.78, 5) is 13.9. The standard InChI is InChI=1S/C23H22BrNO2S/c24-14-6-5-13-23(27-22(26)25-16-17-8-7-15-28-17)20-11-3-1-9-18(20)19-10-2-4-12-21(19)23/h1-4,7-12,15H,5-6,13-14,16H2,(H,25,26). The maximum Gasteiger partial charge on any atom is 0.408 e. The van der Waals surface area contributed by atoms with Crippen LogP contribution in [-0.4, -0.2) is 11.4 Å². The summed E-state index contributed by atoms with van der Waals surface area (Å²) in [6.45, 7) is 0.483. The third kappa shape index (κ3) is 3.61. The molecule has 0 fully saturated rings. The zero-order valence-corrected chi connectivity index (χ0v) is 17.9. The highest BCUT2D eigenvalue weighted by Gasteiger charge is 2.46.